The molecule has 20 heavy (non-hydrogen) atoms. The first-order valence-electron chi connectivity index (χ1n) is 6.99. The molecular formula is C15H18N2O3. The Kier molecular flexibility index (Phi) is 3.22. The fraction of sp³-hybridized carbons (Fsp3) is 0.467. The summed E-state index contributed by atoms with van der Waals surface area (Å²) >= 11 is 0. The number of imide groups is 1. The zero-order valence-electron chi connectivity index (χ0n) is 11.4. The number of carbonyl (C=O) groups excluding carboxylic acids is 2. The van der Waals surface area contributed by atoms with Crippen LogP contribution in [0.4, 0.5) is 5.69 Å². The molecule has 3 rings (SSSR count). The molecule has 0 spiro atoms. The lowest BCUT2D eigenvalue weighted by Gasteiger charge is -2.29. The molecule has 2 N–H and O–H groups in total. The number of hydrogen-bond donors (Lipinski definition) is 2. The molecule has 2 aliphatic rings. The van der Waals surface area contributed by atoms with E-state index in [1.807, 2.05) is 0 Å². The van der Waals surface area contributed by atoms with Gasteiger partial charge in [0.05, 0.1) is 23.3 Å². The van der Waals surface area contributed by atoms with Crippen molar-refractivity contribution in [2.45, 2.75) is 37.8 Å². The highest BCUT2D eigenvalue weighted by Gasteiger charge is 2.33. The van der Waals surface area contributed by atoms with Crippen molar-refractivity contribution in [2.24, 2.45) is 0 Å². The third-order valence-electron chi connectivity index (χ3n) is 4.17. The van der Waals surface area contributed by atoms with Gasteiger partial charge in [0.1, 0.15) is 0 Å². The minimum Gasteiger partial charge on any atom is -0.391 e. The van der Waals surface area contributed by atoms with Crippen LogP contribution in [0.2, 0.25) is 0 Å². The van der Waals surface area contributed by atoms with Crippen LogP contribution in [0.15, 0.2) is 18.2 Å². The van der Waals surface area contributed by atoms with Crippen molar-refractivity contribution < 1.29 is 14.7 Å². The fourth-order valence-electron chi connectivity index (χ4n) is 2.94. The van der Waals surface area contributed by atoms with Crippen LogP contribution in [-0.4, -0.2) is 41.0 Å². The van der Waals surface area contributed by atoms with Crippen LogP contribution in [0.1, 0.15) is 46.4 Å². The molecule has 0 bridgehead atoms. The minimum absolute atomic E-state index is 0.0201. The van der Waals surface area contributed by atoms with E-state index in [4.69, 9.17) is 0 Å². The number of benzene rings is 1. The zero-order valence-corrected chi connectivity index (χ0v) is 11.4. The van der Waals surface area contributed by atoms with Gasteiger partial charge in [0, 0.05) is 12.7 Å². The first-order chi connectivity index (χ1) is 9.58. The number of aliphatic hydroxyl groups excluding tert-OH is 1. The molecule has 1 aliphatic carbocycles. The predicted molar refractivity (Wildman–Crippen MR) is 74.8 cm³/mol. The molecule has 106 valence electrons. The Labute approximate surface area is 117 Å². The van der Waals surface area contributed by atoms with E-state index in [1.165, 1.54) is 7.05 Å². The van der Waals surface area contributed by atoms with Crippen LogP contribution < -0.4 is 5.32 Å². The van der Waals surface area contributed by atoms with Gasteiger partial charge in [-0.3, -0.25) is 14.5 Å². The van der Waals surface area contributed by atoms with Crippen molar-refractivity contribution >= 4 is 17.5 Å². The molecule has 2 atom stereocenters. The van der Waals surface area contributed by atoms with Crippen LogP contribution in [0.3, 0.4) is 0 Å². The van der Waals surface area contributed by atoms with Gasteiger partial charge in [-0.2, -0.15) is 0 Å². The van der Waals surface area contributed by atoms with Gasteiger partial charge in [-0.25, -0.2) is 0 Å². The summed E-state index contributed by atoms with van der Waals surface area (Å²) in [5.41, 5.74) is 1.67. The number of amides is 2. The summed E-state index contributed by atoms with van der Waals surface area (Å²) in [5.74, 6) is -0.521. The van der Waals surface area contributed by atoms with Crippen molar-refractivity contribution in [1.29, 1.82) is 0 Å². The summed E-state index contributed by atoms with van der Waals surface area (Å²) in [4.78, 5) is 24.9. The second-order valence-electron chi connectivity index (χ2n) is 5.53. The summed E-state index contributed by atoms with van der Waals surface area (Å²) in [7, 11) is 1.49. The number of aliphatic hydroxyl groups is 1. The van der Waals surface area contributed by atoms with Crippen molar-refractivity contribution in [3.05, 3.63) is 29.3 Å². The molecule has 5 heteroatoms. The molecular weight excluding hydrogens is 256 g/mol. The highest BCUT2D eigenvalue weighted by molar-refractivity contribution is 6.21. The van der Waals surface area contributed by atoms with E-state index in [9.17, 15) is 14.7 Å². The molecule has 1 saturated carbocycles. The predicted octanol–water partition coefficient (Wildman–Crippen LogP) is 1.63. The summed E-state index contributed by atoms with van der Waals surface area (Å²) in [5, 5.41) is 13.2. The van der Waals surface area contributed by atoms with E-state index in [-0.39, 0.29) is 24.0 Å². The Balaban J connectivity index is 1.83. The average molecular weight is 274 g/mol. The highest BCUT2D eigenvalue weighted by atomic mass is 16.3. The molecule has 0 saturated heterocycles. The standard InChI is InChI=1S/C15H18N2O3/c1-17-14(19)10-7-6-9(8-11(10)15(17)20)16-12-4-2-3-5-13(12)18/h6-8,12-13,16,18H,2-5H2,1H3/t12-,13-/m1/s1. The van der Waals surface area contributed by atoms with E-state index in [0.717, 1.165) is 36.3 Å². The Bertz CT molecular complexity index is 570. The Morgan fingerprint density at radius 2 is 1.85 bits per heavy atom. The van der Waals surface area contributed by atoms with E-state index >= 15 is 0 Å². The molecule has 1 aromatic carbocycles. The van der Waals surface area contributed by atoms with Crippen LogP contribution in [0.5, 0.6) is 0 Å². The van der Waals surface area contributed by atoms with E-state index < -0.39 is 0 Å². The Morgan fingerprint density at radius 3 is 2.60 bits per heavy atom. The number of anilines is 1. The SMILES string of the molecule is CN1C(=O)c2ccc(N[C@@H]3CCCC[C@H]3O)cc2C1=O. The smallest absolute Gasteiger partial charge is 0.261 e. The summed E-state index contributed by atoms with van der Waals surface area (Å²) in [6.45, 7) is 0. The third-order valence-corrected chi connectivity index (χ3v) is 4.17. The molecule has 5 nitrogen and oxygen atoms in total. The normalized spacial score (nSPS) is 25.8. The molecule has 1 aliphatic heterocycles. The van der Waals surface area contributed by atoms with Crippen molar-refractivity contribution in [3.63, 3.8) is 0 Å². The van der Waals surface area contributed by atoms with Gasteiger partial charge < -0.3 is 10.4 Å². The summed E-state index contributed by atoms with van der Waals surface area (Å²) in [6, 6.07) is 5.20. The van der Waals surface area contributed by atoms with Gasteiger partial charge in [-0.15, -0.1) is 0 Å². The van der Waals surface area contributed by atoms with Gasteiger partial charge in [0.2, 0.25) is 0 Å². The van der Waals surface area contributed by atoms with E-state index in [1.54, 1.807) is 18.2 Å². The summed E-state index contributed by atoms with van der Waals surface area (Å²) in [6.07, 6.45) is 3.53. The quantitative estimate of drug-likeness (QED) is 0.804. The molecule has 2 amide bonds. The highest BCUT2D eigenvalue weighted by Crippen LogP contribution is 2.27. The lowest BCUT2D eigenvalue weighted by Crippen LogP contribution is -2.36. The second-order valence-corrected chi connectivity index (χ2v) is 5.53. The van der Waals surface area contributed by atoms with E-state index in [0.29, 0.717) is 11.1 Å². The van der Waals surface area contributed by atoms with Gasteiger partial charge in [0.25, 0.3) is 11.8 Å². The van der Waals surface area contributed by atoms with Crippen molar-refractivity contribution in [1.82, 2.24) is 4.90 Å². The van der Waals surface area contributed by atoms with Crippen LogP contribution in [0.25, 0.3) is 0 Å². The van der Waals surface area contributed by atoms with Crippen molar-refractivity contribution in [2.75, 3.05) is 12.4 Å². The summed E-state index contributed by atoms with van der Waals surface area (Å²) < 4.78 is 0. The topological polar surface area (TPSA) is 69.6 Å². The van der Waals surface area contributed by atoms with Gasteiger partial charge in [-0.05, 0) is 31.0 Å². The molecule has 0 unspecified atom stereocenters. The minimum atomic E-state index is -0.350. The number of rotatable bonds is 2. The average Bonchev–Trinajstić information content (AvgIpc) is 2.66. The van der Waals surface area contributed by atoms with Crippen LogP contribution in [0, 0.1) is 0 Å². The fourth-order valence-corrected chi connectivity index (χ4v) is 2.94. The van der Waals surface area contributed by atoms with Gasteiger partial charge >= 0.3 is 0 Å². The number of nitrogens with one attached hydrogen (secondary N) is 1. The molecule has 1 aromatic rings. The van der Waals surface area contributed by atoms with E-state index in [2.05, 4.69) is 5.32 Å². The number of fused-ring (bicyclic) bond motifs is 1. The first-order valence-corrected chi connectivity index (χ1v) is 6.99. The molecule has 1 heterocycles. The third kappa shape index (κ3) is 2.08. The molecule has 0 aromatic heterocycles. The maximum absolute atomic E-state index is 11.9. The molecule has 0 radical (unpaired) electrons. The Hall–Kier alpha value is -1.88. The van der Waals surface area contributed by atoms with Crippen LogP contribution >= 0.6 is 0 Å². The van der Waals surface area contributed by atoms with Gasteiger partial charge in [-0.1, -0.05) is 12.8 Å². The maximum Gasteiger partial charge on any atom is 0.261 e. The first kappa shape index (κ1) is 13.1. The monoisotopic (exact) mass is 274 g/mol. The van der Waals surface area contributed by atoms with Crippen molar-refractivity contribution in [3.8, 4) is 0 Å². The van der Waals surface area contributed by atoms with Crippen LogP contribution in [-0.2, 0) is 0 Å². The zero-order chi connectivity index (χ0) is 14.3. The number of nitrogens with zero attached hydrogens (tertiary/aromatic N) is 1. The largest absolute Gasteiger partial charge is 0.391 e. The number of carbonyl (C=O) groups is 2. The lowest BCUT2D eigenvalue weighted by atomic mass is 9.92. The Morgan fingerprint density at radius 1 is 1.15 bits per heavy atom. The number of hydrogen-bond acceptors (Lipinski definition) is 4. The maximum atomic E-state index is 11.9. The molecule has 1 fully saturated rings. The lowest BCUT2D eigenvalue weighted by molar-refractivity contribution is 0.0693. The second kappa shape index (κ2) is 4.90. The van der Waals surface area contributed by atoms with Gasteiger partial charge in [0.15, 0.2) is 0 Å².